The average molecular weight is 382 g/mol. The predicted molar refractivity (Wildman–Crippen MR) is 89.2 cm³/mol. The fourth-order valence-electron chi connectivity index (χ4n) is 2.81. The van der Waals surface area contributed by atoms with Crippen molar-refractivity contribution in [3.05, 3.63) is 28.2 Å². The van der Waals surface area contributed by atoms with Gasteiger partial charge in [0.1, 0.15) is 6.61 Å². The van der Waals surface area contributed by atoms with Crippen LogP contribution in [0.3, 0.4) is 0 Å². The number of esters is 1. The van der Waals surface area contributed by atoms with E-state index < -0.39 is 5.92 Å². The molecular weight excluding hydrogens is 362 g/mol. The number of benzene rings is 1. The quantitative estimate of drug-likeness (QED) is 0.752. The summed E-state index contributed by atoms with van der Waals surface area (Å²) in [6, 6.07) is 5.75. The summed E-state index contributed by atoms with van der Waals surface area (Å²) in [6.45, 7) is 5.98. The first-order valence-electron chi connectivity index (χ1n) is 7.69. The third-order valence-electron chi connectivity index (χ3n) is 4.38. The minimum absolute atomic E-state index is 0.0353. The molecule has 1 amide bonds. The highest BCUT2D eigenvalue weighted by molar-refractivity contribution is 9.10. The van der Waals surface area contributed by atoms with Crippen molar-refractivity contribution >= 4 is 33.5 Å². The van der Waals surface area contributed by atoms with Crippen LogP contribution in [-0.4, -0.2) is 38.2 Å². The molecule has 2 heterocycles. The Morgan fingerprint density at radius 1 is 1.48 bits per heavy atom. The maximum atomic E-state index is 12.2. The molecule has 2 aliphatic rings. The fraction of sp³-hybridized carbons (Fsp3) is 0.529. The van der Waals surface area contributed by atoms with Gasteiger partial charge in [0.2, 0.25) is 5.91 Å². The van der Waals surface area contributed by atoms with Gasteiger partial charge in [0.15, 0.2) is 0 Å². The van der Waals surface area contributed by atoms with Gasteiger partial charge in [-0.2, -0.15) is 0 Å². The number of halogens is 1. The second-order valence-corrected chi connectivity index (χ2v) is 7.60. The second kappa shape index (κ2) is 6.24. The van der Waals surface area contributed by atoms with Crippen molar-refractivity contribution in [1.82, 2.24) is 0 Å². The Bertz CT molecular complexity index is 641. The molecule has 0 radical (unpaired) electrons. The first-order valence-corrected chi connectivity index (χ1v) is 8.48. The Morgan fingerprint density at radius 2 is 2.22 bits per heavy atom. The van der Waals surface area contributed by atoms with Crippen LogP contribution in [0.5, 0.6) is 0 Å². The van der Waals surface area contributed by atoms with Gasteiger partial charge in [-0.3, -0.25) is 9.59 Å². The zero-order chi connectivity index (χ0) is 16.6. The topological polar surface area (TPSA) is 55.8 Å². The summed E-state index contributed by atoms with van der Waals surface area (Å²) in [7, 11) is 0. The standard InChI is InChI=1S/C17H20BrNO4/c1-11-5-13(3-4-14(11)18)19-7-12(6-15(19)20)16(21)23-10-17(2)8-22-9-17/h3-5,12H,6-10H2,1-2H3/t12-/m0/s1. The number of anilines is 1. The molecule has 3 rings (SSSR count). The highest BCUT2D eigenvalue weighted by atomic mass is 79.9. The van der Waals surface area contributed by atoms with E-state index in [2.05, 4.69) is 15.9 Å². The lowest BCUT2D eigenvalue weighted by molar-refractivity contribution is -0.168. The van der Waals surface area contributed by atoms with E-state index in [4.69, 9.17) is 9.47 Å². The van der Waals surface area contributed by atoms with Crippen molar-refractivity contribution in [2.45, 2.75) is 20.3 Å². The molecule has 0 bridgehead atoms. The number of nitrogens with zero attached hydrogens (tertiary/aromatic N) is 1. The number of aryl methyl sites for hydroxylation is 1. The van der Waals surface area contributed by atoms with Gasteiger partial charge in [-0.25, -0.2) is 0 Å². The summed E-state index contributed by atoms with van der Waals surface area (Å²) in [5, 5.41) is 0. The van der Waals surface area contributed by atoms with E-state index in [9.17, 15) is 9.59 Å². The normalized spacial score (nSPS) is 22.8. The Labute approximate surface area is 144 Å². The molecule has 2 saturated heterocycles. The second-order valence-electron chi connectivity index (χ2n) is 6.75. The summed E-state index contributed by atoms with van der Waals surface area (Å²) in [4.78, 5) is 26.1. The van der Waals surface area contributed by atoms with E-state index in [1.54, 1.807) is 4.90 Å². The smallest absolute Gasteiger partial charge is 0.311 e. The van der Waals surface area contributed by atoms with Crippen LogP contribution in [-0.2, 0) is 19.1 Å². The Morgan fingerprint density at radius 3 is 2.83 bits per heavy atom. The highest BCUT2D eigenvalue weighted by Crippen LogP contribution is 2.30. The van der Waals surface area contributed by atoms with Gasteiger partial charge in [0, 0.05) is 28.5 Å². The minimum Gasteiger partial charge on any atom is -0.465 e. The SMILES string of the molecule is Cc1cc(N2C[C@@H](C(=O)OCC3(C)COC3)CC2=O)ccc1Br. The first kappa shape index (κ1) is 16.5. The predicted octanol–water partition coefficient (Wildman–Crippen LogP) is 2.69. The van der Waals surface area contributed by atoms with Crippen LogP contribution in [0.25, 0.3) is 0 Å². The fourth-order valence-corrected chi connectivity index (χ4v) is 3.06. The van der Waals surface area contributed by atoms with Crippen molar-refractivity contribution in [1.29, 1.82) is 0 Å². The van der Waals surface area contributed by atoms with E-state index in [0.717, 1.165) is 15.7 Å². The Kier molecular flexibility index (Phi) is 4.47. The molecule has 6 heteroatoms. The van der Waals surface area contributed by atoms with Crippen LogP contribution in [0, 0.1) is 18.3 Å². The van der Waals surface area contributed by atoms with Crippen molar-refractivity contribution in [3.63, 3.8) is 0 Å². The molecule has 0 saturated carbocycles. The van der Waals surface area contributed by atoms with Gasteiger partial charge in [0.25, 0.3) is 0 Å². The molecular formula is C17H20BrNO4. The van der Waals surface area contributed by atoms with Crippen LogP contribution in [0.1, 0.15) is 18.9 Å². The van der Waals surface area contributed by atoms with E-state index >= 15 is 0 Å². The molecule has 5 nitrogen and oxygen atoms in total. The Hall–Kier alpha value is -1.40. The van der Waals surface area contributed by atoms with Gasteiger partial charge in [-0.05, 0) is 30.7 Å². The Balaban J connectivity index is 1.62. The first-order chi connectivity index (χ1) is 10.9. The maximum Gasteiger partial charge on any atom is 0.311 e. The number of ether oxygens (including phenoxy) is 2. The lowest BCUT2D eigenvalue weighted by Gasteiger charge is -2.37. The van der Waals surface area contributed by atoms with Gasteiger partial charge >= 0.3 is 5.97 Å². The van der Waals surface area contributed by atoms with E-state index in [1.807, 2.05) is 32.0 Å². The molecule has 23 heavy (non-hydrogen) atoms. The van der Waals surface area contributed by atoms with E-state index in [1.165, 1.54) is 0 Å². The molecule has 0 N–H and O–H groups in total. The maximum absolute atomic E-state index is 12.2. The van der Waals surface area contributed by atoms with Crippen LogP contribution < -0.4 is 4.90 Å². The molecule has 0 aromatic heterocycles. The average Bonchev–Trinajstić information content (AvgIpc) is 2.88. The largest absolute Gasteiger partial charge is 0.465 e. The van der Waals surface area contributed by atoms with Crippen molar-refractivity contribution in [3.8, 4) is 0 Å². The van der Waals surface area contributed by atoms with Crippen LogP contribution in [0.4, 0.5) is 5.69 Å². The summed E-state index contributed by atoms with van der Waals surface area (Å²) in [5.74, 6) is -0.717. The third-order valence-corrected chi connectivity index (χ3v) is 5.27. The van der Waals surface area contributed by atoms with Crippen molar-refractivity contribution in [2.24, 2.45) is 11.3 Å². The van der Waals surface area contributed by atoms with Gasteiger partial charge in [0.05, 0.1) is 19.1 Å². The van der Waals surface area contributed by atoms with Crippen LogP contribution in [0.15, 0.2) is 22.7 Å². The summed E-state index contributed by atoms with van der Waals surface area (Å²) in [5.41, 5.74) is 1.81. The number of amides is 1. The molecule has 1 aromatic carbocycles. The summed E-state index contributed by atoms with van der Waals surface area (Å²) < 4.78 is 11.6. The van der Waals surface area contributed by atoms with Crippen LogP contribution in [0.2, 0.25) is 0 Å². The van der Waals surface area contributed by atoms with E-state index in [-0.39, 0.29) is 23.7 Å². The summed E-state index contributed by atoms with van der Waals surface area (Å²) in [6.07, 6.45) is 0.209. The number of rotatable bonds is 4. The lowest BCUT2D eigenvalue weighted by Crippen LogP contribution is -2.44. The molecule has 2 aliphatic heterocycles. The van der Waals surface area contributed by atoms with Gasteiger partial charge in [-0.1, -0.05) is 22.9 Å². The zero-order valence-corrected chi connectivity index (χ0v) is 14.9. The van der Waals surface area contributed by atoms with Crippen molar-refractivity contribution < 1.29 is 19.1 Å². The van der Waals surface area contributed by atoms with E-state index in [0.29, 0.717) is 26.4 Å². The molecule has 2 fully saturated rings. The number of carbonyl (C=O) groups excluding carboxylic acids is 2. The molecule has 0 aliphatic carbocycles. The number of carbonyl (C=O) groups is 2. The molecule has 0 spiro atoms. The number of hydrogen-bond donors (Lipinski definition) is 0. The summed E-state index contributed by atoms with van der Waals surface area (Å²) >= 11 is 3.45. The van der Waals surface area contributed by atoms with Gasteiger partial charge in [-0.15, -0.1) is 0 Å². The highest BCUT2D eigenvalue weighted by Gasteiger charge is 2.39. The van der Waals surface area contributed by atoms with Crippen molar-refractivity contribution in [2.75, 3.05) is 31.3 Å². The molecule has 0 unspecified atom stereocenters. The molecule has 1 aromatic rings. The zero-order valence-electron chi connectivity index (χ0n) is 13.3. The molecule has 124 valence electrons. The lowest BCUT2D eigenvalue weighted by atomic mass is 9.90. The third kappa shape index (κ3) is 3.43. The minimum atomic E-state index is -0.393. The molecule has 1 atom stereocenters. The number of hydrogen-bond acceptors (Lipinski definition) is 4. The van der Waals surface area contributed by atoms with Crippen LogP contribution >= 0.6 is 15.9 Å². The monoisotopic (exact) mass is 381 g/mol. The van der Waals surface area contributed by atoms with Gasteiger partial charge < -0.3 is 14.4 Å².